The minimum absolute atomic E-state index is 0.315. The summed E-state index contributed by atoms with van der Waals surface area (Å²) in [5.74, 6) is 0.327. The summed E-state index contributed by atoms with van der Waals surface area (Å²) in [6.07, 6.45) is 1.93. The molecule has 0 bridgehead atoms. The predicted molar refractivity (Wildman–Crippen MR) is 73.1 cm³/mol. The van der Waals surface area contributed by atoms with Gasteiger partial charge in [-0.25, -0.2) is 9.37 Å². The van der Waals surface area contributed by atoms with Crippen LogP contribution >= 0.6 is 15.9 Å². The van der Waals surface area contributed by atoms with Crippen molar-refractivity contribution in [3.05, 3.63) is 46.2 Å². The molecule has 102 valence electrons. The molecule has 1 unspecified atom stereocenters. The molecule has 0 radical (unpaired) electrons. The Balaban J connectivity index is 2.15. The first-order chi connectivity index (χ1) is 9.10. The first-order valence-corrected chi connectivity index (χ1v) is 6.90. The molecule has 0 saturated carbocycles. The molecule has 0 aliphatic heterocycles. The Morgan fingerprint density at radius 1 is 1.42 bits per heavy atom. The van der Waals surface area contributed by atoms with E-state index in [0.29, 0.717) is 22.3 Å². The average molecular weight is 328 g/mol. The van der Waals surface area contributed by atoms with Crippen molar-refractivity contribution in [3.8, 4) is 0 Å². The molecule has 1 atom stereocenters. The lowest BCUT2D eigenvalue weighted by molar-refractivity contribution is 0.173. The van der Waals surface area contributed by atoms with Crippen LogP contribution in [0, 0.1) is 5.82 Å². The highest BCUT2D eigenvalue weighted by atomic mass is 79.9. The zero-order chi connectivity index (χ0) is 13.8. The molecule has 2 rings (SSSR count). The van der Waals surface area contributed by atoms with Crippen molar-refractivity contribution in [1.29, 1.82) is 0 Å². The highest BCUT2D eigenvalue weighted by molar-refractivity contribution is 9.10. The van der Waals surface area contributed by atoms with E-state index in [0.717, 1.165) is 13.0 Å². The molecule has 2 aromatic rings. The summed E-state index contributed by atoms with van der Waals surface area (Å²) in [7, 11) is 0. The summed E-state index contributed by atoms with van der Waals surface area (Å²) >= 11 is 3.21. The highest BCUT2D eigenvalue weighted by Gasteiger charge is 2.14. The molecule has 0 aliphatic rings. The van der Waals surface area contributed by atoms with Gasteiger partial charge in [0.2, 0.25) is 0 Å². The van der Waals surface area contributed by atoms with E-state index in [1.807, 2.05) is 6.92 Å². The number of hydrogen-bond acceptors (Lipinski definition) is 3. The van der Waals surface area contributed by atoms with E-state index < -0.39 is 6.10 Å². The van der Waals surface area contributed by atoms with E-state index in [1.54, 1.807) is 10.7 Å². The lowest BCUT2D eigenvalue weighted by Crippen LogP contribution is -2.10. The van der Waals surface area contributed by atoms with Crippen LogP contribution in [0.3, 0.4) is 0 Å². The van der Waals surface area contributed by atoms with Gasteiger partial charge >= 0.3 is 0 Å². The minimum Gasteiger partial charge on any atom is -0.388 e. The number of benzene rings is 1. The summed E-state index contributed by atoms with van der Waals surface area (Å²) < 4.78 is 15.7. The van der Waals surface area contributed by atoms with Crippen molar-refractivity contribution in [3.63, 3.8) is 0 Å². The molecule has 1 heterocycles. The Hall–Kier alpha value is -1.27. The van der Waals surface area contributed by atoms with Crippen molar-refractivity contribution in [2.24, 2.45) is 0 Å². The van der Waals surface area contributed by atoms with E-state index in [-0.39, 0.29) is 5.82 Å². The van der Waals surface area contributed by atoms with Crippen LogP contribution < -0.4 is 0 Å². The Labute approximate surface area is 119 Å². The molecule has 0 fully saturated rings. The topological polar surface area (TPSA) is 50.9 Å². The maximum atomic E-state index is 13.3. The van der Waals surface area contributed by atoms with E-state index >= 15 is 0 Å². The van der Waals surface area contributed by atoms with Crippen molar-refractivity contribution in [2.75, 3.05) is 0 Å². The molecular weight excluding hydrogens is 313 g/mol. The molecule has 1 aromatic carbocycles. The van der Waals surface area contributed by atoms with Crippen LogP contribution in [0.15, 0.2) is 29.0 Å². The average Bonchev–Trinajstić information content (AvgIpc) is 2.76. The third-order valence-electron chi connectivity index (χ3n) is 2.78. The number of nitrogens with zero attached hydrogens (tertiary/aromatic N) is 3. The standard InChI is InChI=1S/C13H15BrFN3O/c1-2-3-18-13(16-8-17-18)7-12(19)9-4-10(14)6-11(15)5-9/h4-6,8,12,19H,2-3,7H2,1H3. The van der Waals surface area contributed by atoms with Gasteiger partial charge in [-0.1, -0.05) is 22.9 Å². The lowest BCUT2D eigenvalue weighted by Gasteiger charge is -2.12. The Kier molecular flexibility index (Phi) is 4.66. The van der Waals surface area contributed by atoms with Crippen LogP contribution in [0.2, 0.25) is 0 Å². The number of hydrogen-bond donors (Lipinski definition) is 1. The molecule has 19 heavy (non-hydrogen) atoms. The molecule has 4 nitrogen and oxygen atoms in total. The van der Waals surface area contributed by atoms with Gasteiger partial charge in [0.15, 0.2) is 0 Å². The highest BCUT2D eigenvalue weighted by Crippen LogP contribution is 2.22. The second kappa shape index (κ2) is 6.25. The van der Waals surface area contributed by atoms with Crippen LogP contribution in [0.25, 0.3) is 0 Å². The largest absolute Gasteiger partial charge is 0.388 e. The zero-order valence-corrected chi connectivity index (χ0v) is 12.1. The van der Waals surface area contributed by atoms with E-state index in [2.05, 4.69) is 26.0 Å². The third-order valence-corrected chi connectivity index (χ3v) is 3.23. The Morgan fingerprint density at radius 2 is 2.21 bits per heavy atom. The molecule has 0 aliphatic carbocycles. The van der Waals surface area contributed by atoms with Crippen molar-refractivity contribution >= 4 is 15.9 Å². The number of aryl methyl sites for hydroxylation is 1. The molecule has 0 spiro atoms. The smallest absolute Gasteiger partial charge is 0.138 e. The van der Waals surface area contributed by atoms with E-state index in [9.17, 15) is 9.50 Å². The summed E-state index contributed by atoms with van der Waals surface area (Å²) in [6, 6.07) is 4.39. The first kappa shape index (κ1) is 14.1. The summed E-state index contributed by atoms with van der Waals surface area (Å²) in [6.45, 7) is 2.81. The summed E-state index contributed by atoms with van der Waals surface area (Å²) in [4.78, 5) is 4.13. The second-order valence-corrected chi connectivity index (χ2v) is 5.24. The molecule has 1 aromatic heterocycles. The third kappa shape index (κ3) is 3.61. The quantitative estimate of drug-likeness (QED) is 0.918. The number of aromatic nitrogens is 3. The van der Waals surface area contributed by atoms with Crippen molar-refractivity contribution < 1.29 is 9.50 Å². The summed E-state index contributed by atoms with van der Waals surface area (Å²) in [5.41, 5.74) is 0.526. The monoisotopic (exact) mass is 327 g/mol. The maximum Gasteiger partial charge on any atom is 0.138 e. The Bertz CT molecular complexity index is 538. The van der Waals surface area contributed by atoms with Gasteiger partial charge in [-0.3, -0.25) is 4.68 Å². The molecule has 1 N–H and O–H groups in total. The van der Waals surface area contributed by atoms with Gasteiger partial charge in [0, 0.05) is 17.4 Å². The van der Waals surface area contributed by atoms with Gasteiger partial charge < -0.3 is 5.11 Å². The minimum atomic E-state index is -0.799. The van der Waals surface area contributed by atoms with E-state index in [1.165, 1.54) is 18.5 Å². The van der Waals surface area contributed by atoms with E-state index in [4.69, 9.17) is 0 Å². The van der Waals surface area contributed by atoms with Gasteiger partial charge in [0.05, 0.1) is 6.10 Å². The van der Waals surface area contributed by atoms with Gasteiger partial charge in [-0.2, -0.15) is 5.10 Å². The summed E-state index contributed by atoms with van der Waals surface area (Å²) in [5, 5.41) is 14.3. The van der Waals surface area contributed by atoms with Crippen LogP contribution in [0.5, 0.6) is 0 Å². The fourth-order valence-corrected chi connectivity index (χ4v) is 2.39. The SMILES string of the molecule is CCCn1ncnc1CC(O)c1cc(F)cc(Br)c1. The normalized spacial score (nSPS) is 12.6. The van der Waals surface area contributed by atoms with Crippen LogP contribution in [-0.2, 0) is 13.0 Å². The Morgan fingerprint density at radius 3 is 2.89 bits per heavy atom. The number of aliphatic hydroxyl groups is 1. The number of halogens is 2. The lowest BCUT2D eigenvalue weighted by atomic mass is 10.1. The first-order valence-electron chi connectivity index (χ1n) is 6.11. The number of aliphatic hydroxyl groups excluding tert-OH is 1. The van der Waals surface area contributed by atoms with Gasteiger partial charge in [0.1, 0.15) is 18.0 Å². The van der Waals surface area contributed by atoms with Crippen molar-refractivity contribution in [1.82, 2.24) is 14.8 Å². The van der Waals surface area contributed by atoms with Gasteiger partial charge in [0.25, 0.3) is 0 Å². The maximum absolute atomic E-state index is 13.3. The van der Waals surface area contributed by atoms with Crippen LogP contribution in [0.1, 0.15) is 30.8 Å². The zero-order valence-electron chi connectivity index (χ0n) is 10.6. The molecule has 0 amide bonds. The fraction of sp³-hybridized carbons (Fsp3) is 0.385. The van der Waals surface area contributed by atoms with Gasteiger partial charge in [-0.15, -0.1) is 0 Å². The van der Waals surface area contributed by atoms with Gasteiger partial charge in [-0.05, 0) is 30.2 Å². The molecular formula is C13H15BrFN3O. The fourth-order valence-electron chi connectivity index (χ4n) is 1.90. The second-order valence-electron chi connectivity index (χ2n) is 4.32. The van der Waals surface area contributed by atoms with Crippen LogP contribution in [-0.4, -0.2) is 19.9 Å². The number of rotatable bonds is 5. The molecule has 6 heteroatoms. The van der Waals surface area contributed by atoms with Crippen LogP contribution in [0.4, 0.5) is 4.39 Å². The predicted octanol–water partition coefficient (Wildman–Crippen LogP) is 2.87. The molecule has 0 saturated heterocycles. The van der Waals surface area contributed by atoms with Crippen molar-refractivity contribution in [2.45, 2.75) is 32.4 Å².